The summed E-state index contributed by atoms with van der Waals surface area (Å²) in [5, 5.41) is 3.13. The van der Waals surface area contributed by atoms with E-state index in [-0.39, 0.29) is 28.9 Å². The van der Waals surface area contributed by atoms with Gasteiger partial charge in [0.1, 0.15) is 0 Å². The van der Waals surface area contributed by atoms with E-state index in [0.717, 1.165) is 10.5 Å². The predicted octanol–water partition coefficient (Wildman–Crippen LogP) is 3.83. The number of carbonyl (C=O) groups excluding carboxylic acids is 3. The molecule has 2 aliphatic rings. The van der Waals surface area contributed by atoms with Crippen LogP contribution in [0.25, 0.3) is 0 Å². The third-order valence-corrected chi connectivity index (χ3v) is 5.50. The molecule has 2 aromatic rings. The molecule has 3 N–H and O–H groups in total. The van der Waals surface area contributed by atoms with Crippen LogP contribution in [0.2, 0.25) is 0 Å². The zero-order valence-corrected chi connectivity index (χ0v) is 17.2. The number of nitrogens with one attached hydrogen (secondary N) is 1. The Hall–Kier alpha value is -3.29. The molecule has 4 rings (SSSR count). The van der Waals surface area contributed by atoms with E-state index < -0.39 is 17.7 Å². The second kappa shape index (κ2) is 7.85. The van der Waals surface area contributed by atoms with Crippen molar-refractivity contribution in [2.45, 2.75) is 13.0 Å². The highest BCUT2D eigenvalue weighted by Crippen LogP contribution is 2.31. The van der Waals surface area contributed by atoms with Crippen LogP contribution in [-0.2, 0) is 11.3 Å². The Bertz CT molecular complexity index is 1190. The van der Waals surface area contributed by atoms with Gasteiger partial charge in [-0.05, 0) is 35.9 Å². The van der Waals surface area contributed by atoms with Crippen LogP contribution in [0.1, 0.15) is 32.7 Å². The molecule has 3 amide bonds. The van der Waals surface area contributed by atoms with Gasteiger partial charge >= 0.3 is 0 Å². The second-order valence-corrected chi connectivity index (χ2v) is 7.83. The van der Waals surface area contributed by atoms with Crippen molar-refractivity contribution in [1.82, 2.24) is 4.90 Å². The van der Waals surface area contributed by atoms with Crippen LogP contribution in [0, 0.1) is 0 Å². The van der Waals surface area contributed by atoms with Crippen molar-refractivity contribution in [3.8, 4) is 0 Å². The molecule has 0 radical (unpaired) electrons. The van der Waals surface area contributed by atoms with E-state index in [4.69, 9.17) is 29.6 Å². The highest BCUT2D eigenvalue weighted by molar-refractivity contribution is 7.81. The highest BCUT2D eigenvalue weighted by atomic mass is 35.5. The summed E-state index contributed by atoms with van der Waals surface area (Å²) in [6.45, 7) is 0.0837. The summed E-state index contributed by atoms with van der Waals surface area (Å²) in [6.07, 6.45) is 3.61. The van der Waals surface area contributed by atoms with E-state index in [1.54, 1.807) is 48.5 Å². The number of anilines is 2. The van der Waals surface area contributed by atoms with Gasteiger partial charge in [-0.3, -0.25) is 19.3 Å². The lowest BCUT2D eigenvalue weighted by molar-refractivity contribution is -0.112. The molecule has 0 spiro atoms. The number of hydrogen-bond acceptors (Lipinski definition) is 5. The lowest BCUT2D eigenvalue weighted by Gasteiger charge is -2.15. The molecule has 8 heteroatoms. The zero-order chi connectivity index (χ0) is 21.4. The van der Waals surface area contributed by atoms with Crippen molar-refractivity contribution >= 4 is 57.8 Å². The Labute approximate surface area is 183 Å². The van der Waals surface area contributed by atoms with Crippen LogP contribution < -0.4 is 11.1 Å². The molecule has 1 aliphatic heterocycles. The molecule has 0 unspecified atom stereocenters. The molecule has 0 fully saturated rings. The summed E-state index contributed by atoms with van der Waals surface area (Å²) >= 11 is 11.2. The van der Waals surface area contributed by atoms with E-state index in [1.807, 2.05) is 0 Å². The molecule has 6 nitrogen and oxygen atoms in total. The third-order valence-electron chi connectivity index (χ3n) is 4.85. The fourth-order valence-corrected chi connectivity index (χ4v) is 3.84. The van der Waals surface area contributed by atoms with Crippen molar-refractivity contribution in [2.24, 2.45) is 0 Å². The number of nitrogens with two attached hydrogens (primary N) is 1. The number of nitrogens with zero attached hydrogens (tertiary/aromatic N) is 1. The first-order valence-corrected chi connectivity index (χ1v) is 9.89. The summed E-state index contributed by atoms with van der Waals surface area (Å²) < 4.78 is 0. The summed E-state index contributed by atoms with van der Waals surface area (Å²) in [5.41, 5.74) is 7.98. The van der Waals surface area contributed by atoms with Crippen molar-refractivity contribution < 1.29 is 14.4 Å². The number of hydrogen-bond donors (Lipinski definition) is 2. The minimum absolute atomic E-state index is 0.0837. The number of benzene rings is 2. The van der Waals surface area contributed by atoms with Crippen LogP contribution >= 0.6 is 23.8 Å². The van der Waals surface area contributed by atoms with Gasteiger partial charge in [0.05, 0.1) is 28.9 Å². The first-order valence-electron chi connectivity index (χ1n) is 9.10. The van der Waals surface area contributed by atoms with Crippen LogP contribution in [0.5, 0.6) is 0 Å². The molecule has 1 heterocycles. The molecule has 0 saturated heterocycles. The molecule has 0 bridgehead atoms. The largest absolute Gasteiger partial charge is 0.399 e. The highest BCUT2D eigenvalue weighted by Gasteiger charge is 2.38. The fourth-order valence-electron chi connectivity index (χ4n) is 3.41. The van der Waals surface area contributed by atoms with Crippen LogP contribution in [0.3, 0.4) is 0 Å². The maximum atomic E-state index is 13.0. The number of carbonyl (C=O) groups is 3. The second-order valence-electron chi connectivity index (χ2n) is 6.90. The quantitative estimate of drug-likeness (QED) is 0.431. The van der Waals surface area contributed by atoms with Gasteiger partial charge in [0.25, 0.3) is 17.7 Å². The number of fused-ring (bicyclic) bond motifs is 1. The Morgan fingerprint density at radius 3 is 2.70 bits per heavy atom. The van der Waals surface area contributed by atoms with Gasteiger partial charge in [-0.15, -0.1) is 0 Å². The topological polar surface area (TPSA) is 92.5 Å². The van der Waals surface area contributed by atoms with Crippen molar-refractivity contribution in [3.63, 3.8) is 0 Å². The van der Waals surface area contributed by atoms with E-state index in [2.05, 4.69) is 5.32 Å². The number of halogens is 1. The maximum Gasteiger partial charge on any atom is 0.263 e. The number of thiocarbonyl (C=S) groups is 1. The summed E-state index contributed by atoms with van der Waals surface area (Å²) in [7, 11) is 0. The van der Waals surface area contributed by atoms with Gasteiger partial charge in [-0.2, -0.15) is 0 Å². The number of allylic oxidation sites excluding steroid dienone is 3. The lowest BCUT2D eigenvalue weighted by atomic mass is 10.0. The number of nitrogen functional groups attached to an aromatic ring is 1. The molecule has 2 aromatic carbocycles. The minimum atomic E-state index is -0.480. The number of rotatable bonds is 4. The van der Waals surface area contributed by atoms with Crippen molar-refractivity contribution in [1.29, 1.82) is 0 Å². The van der Waals surface area contributed by atoms with Crippen LogP contribution in [0.15, 0.2) is 65.2 Å². The number of amides is 3. The molecular formula is C22H16ClN3O3S. The van der Waals surface area contributed by atoms with Gasteiger partial charge < -0.3 is 11.1 Å². The minimum Gasteiger partial charge on any atom is -0.399 e. The van der Waals surface area contributed by atoms with E-state index in [0.29, 0.717) is 22.0 Å². The smallest absolute Gasteiger partial charge is 0.263 e. The Kier molecular flexibility index (Phi) is 5.24. The Balaban J connectivity index is 1.62. The molecular weight excluding hydrogens is 422 g/mol. The Morgan fingerprint density at radius 2 is 1.93 bits per heavy atom. The molecule has 150 valence electrons. The molecule has 0 saturated carbocycles. The predicted molar refractivity (Wildman–Crippen MR) is 119 cm³/mol. The van der Waals surface area contributed by atoms with Gasteiger partial charge in [0.15, 0.2) is 0 Å². The first kappa shape index (κ1) is 20.0. The summed E-state index contributed by atoms with van der Waals surface area (Å²) in [4.78, 5) is 40.2. The average molecular weight is 438 g/mol. The molecule has 0 atom stereocenters. The molecule has 0 aromatic heterocycles. The van der Waals surface area contributed by atoms with Gasteiger partial charge in [-0.25, -0.2) is 0 Å². The van der Waals surface area contributed by atoms with Gasteiger partial charge in [0.2, 0.25) is 0 Å². The van der Waals surface area contributed by atoms with E-state index >= 15 is 0 Å². The monoisotopic (exact) mass is 437 g/mol. The Morgan fingerprint density at radius 1 is 1.17 bits per heavy atom. The van der Waals surface area contributed by atoms with E-state index in [9.17, 15) is 14.4 Å². The molecule has 30 heavy (non-hydrogen) atoms. The average Bonchev–Trinajstić information content (AvgIpc) is 2.95. The maximum absolute atomic E-state index is 13.0. The van der Waals surface area contributed by atoms with E-state index in [1.165, 1.54) is 6.08 Å². The van der Waals surface area contributed by atoms with Crippen LogP contribution in [0.4, 0.5) is 11.4 Å². The summed E-state index contributed by atoms with van der Waals surface area (Å²) in [6, 6.07) is 11.7. The van der Waals surface area contributed by atoms with Crippen LogP contribution in [-0.4, -0.2) is 27.5 Å². The SMILES string of the molecule is Nc1cccc(CN2C(=O)c3cccc(NC(=O)C4=CC(Cl)=CCC4=S)c3C2=O)c1. The van der Waals surface area contributed by atoms with Crippen molar-refractivity contribution in [3.05, 3.63) is 81.9 Å². The van der Waals surface area contributed by atoms with Gasteiger partial charge in [0, 0.05) is 22.0 Å². The lowest BCUT2D eigenvalue weighted by Crippen LogP contribution is -2.29. The normalized spacial score (nSPS) is 15.6. The summed E-state index contributed by atoms with van der Waals surface area (Å²) in [5.74, 6) is -1.38. The van der Waals surface area contributed by atoms with Crippen molar-refractivity contribution in [2.75, 3.05) is 11.1 Å². The first-order chi connectivity index (χ1) is 14.3. The fraction of sp³-hybridized carbons (Fsp3) is 0.0909. The number of imide groups is 1. The van der Waals surface area contributed by atoms with Gasteiger partial charge in [-0.1, -0.05) is 48.1 Å². The third kappa shape index (κ3) is 3.65. The zero-order valence-electron chi connectivity index (χ0n) is 15.6. The molecule has 1 aliphatic carbocycles. The standard InChI is InChI=1S/C22H16ClN3O3S/c23-13-7-8-18(30)16(10-13)20(27)25-17-6-2-5-15-19(17)22(29)26(21(15)28)11-12-3-1-4-14(24)9-12/h1-7,9-10H,8,11,24H2,(H,25,27).